The summed E-state index contributed by atoms with van der Waals surface area (Å²) in [6.07, 6.45) is 9.40. The van der Waals surface area contributed by atoms with E-state index in [9.17, 15) is 0 Å². The normalized spacial score (nSPS) is 21.0. The van der Waals surface area contributed by atoms with E-state index < -0.39 is 0 Å². The van der Waals surface area contributed by atoms with E-state index in [2.05, 4.69) is 50.2 Å². The fourth-order valence-electron chi connectivity index (χ4n) is 4.55. The van der Waals surface area contributed by atoms with Gasteiger partial charge in [-0.2, -0.15) is 0 Å². The van der Waals surface area contributed by atoms with Crippen LogP contribution in [0.25, 0.3) is 0 Å². The standard InChI is InChI=1S/C25H33ClO/c1-3-4-20-5-9-23(10-6-20)24-11-7-21(8-12-24)17-19(2)22-13-15-25(16-14-22)27-18-26/h7-8,11-16,19-20,23H,3-6,9-10,17-18H2,1-2H3/t19-,20?,23?/m1/s1. The number of benzene rings is 2. The average Bonchev–Trinajstić information content (AvgIpc) is 2.70. The Morgan fingerprint density at radius 2 is 1.63 bits per heavy atom. The molecule has 0 heterocycles. The lowest BCUT2D eigenvalue weighted by Crippen LogP contribution is -2.13. The maximum Gasteiger partial charge on any atom is 0.162 e. The molecule has 0 aromatic heterocycles. The maximum absolute atomic E-state index is 5.61. The van der Waals surface area contributed by atoms with Crippen molar-refractivity contribution in [2.75, 3.05) is 6.07 Å². The quantitative estimate of drug-likeness (QED) is 0.424. The third kappa shape index (κ3) is 5.75. The molecule has 146 valence electrons. The van der Waals surface area contributed by atoms with Crippen LogP contribution < -0.4 is 4.74 Å². The summed E-state index contributed by atoms with van der Waals surface area (Å²) in [6, 6.07) is 17.9. The number of halogens is 1. The third-order valence-electron chi connectivity index (χ3n) is 6.21. The second-order valence-electron chi connectivity index (χ2n) is 8.18. The van der Waals surface area contributed by atoms with E-state index >= 15 is 0 Å². The Hall–Kier alpha value is -1.47. The summed E-state index contributed by atoms with van der Waals surface area (Å²) >= 11 is 5.61. The van der Waals surface area contributed by atoms with Gasteiger partial charge in [-0.1, -0.05) is 74.7 Å². The smallest absolute Gasteiger partial charge is 0.162 e. The fraction of sp³-hybridized carbons (Fsp3) is 0.520. The minimum atomic E-state index is 0.196. The Morgan fingerprint density at radius 3 is 2.22 bits per heavy atom. The highest BCUT2D eigenvalue weighted by Crippen LogP contribution is 2.37. The third-order valence-corrected chi connectivity index (χ3v) is 6.32. The van der Waals surface area contributed by atoms with Crippen LogP contribution in [0, 0.1) is 5.92 Å². The summed E-state index contributed by atoms with van der Waals surface area (Å²) in [6.45, 7) is 4.61. The molecule has 0 aliphatic heterocycles. The topological polar surface area (TPSA) is 9.23 Å². The molecule has 0 radical (unpaired) electrons. The number of rotatable bonds is 8. The summed E-state index contributed by atoms with van der Waals surface area (Å²) in [5.41, 5.74) is 4.31. The Labute approximate surface area is 170 Å². The lowest BCUT2D eigenvalue weighted by molar-refractivity contribution is 0.308. The van der Waals surface area contributed by atoms with Crippen molar-refractivity contribution in [1.29, 1.82) is 0 Å². The van der Waals surface area contributed by atoms with Gasteiger partial charge in [-0.05, 0) is 78.7 Å². The second-order valence-corrected chi connectivity index (χ2v) is 8.39. The minimum Gasteiger partial charge on any atom is -0.478 e. The van der Waals surface area contributed by atoms with E-state index in [0.29, 0.717) is 5.92 Å². The van der Waals surface area contributed by atoms with E-state index in [1.807, 2.05) is 12.1 Å². The fourth-order valence-corrected chi connectivity index (χ4v) is 4.67. The molecule has 3 rings (SSSR count). The SMILES string of the molecule is CCCC1CCC(c2ccc(C[C@@H](C)c3ccc(OCCl)cc3)cc2)CC1. The summed E-state index contributed by atoms with van der Waals surface area (Å²) in [5, 5.41) is 0. The van der Waals surface area contributed by atoms with Crippen molar-refractivity contribution in [3.05, 3.63) is 65.2 Å². The van der Waals surface area contributed by atoms with Gasteiger partial charge in [0, 0.05) is 0 Å². The molecule has 0 unspecified atom stereocenters. The Kier molecular flexibility index (Phi) is 7.64. The molecule has 1 aliphatic rings. The molecule has 0 N–H and O–H groups in total. The van der Waals surface area contributed by atoms with Crippen LogP contribution in [0.3, 0.4) is 0 Å². The molecular weight excluding hydrogens is 352 g/mol. The number of ether oxygens (including phenoxy) is 1. The zero-order valence-electron chi connectivity index (χ0n) is 16.8. The molecule has 1 nitrogen and oxygen atoms in total. The maximum atomic E-state index is 5.61. The van der Waals surface area contributed by atoms with Crippen LogP contribution in [0.15, 0.2) is 48.5 Å². The van der Waals surface area contributed by atoms with Gasteiger partial charge in [0.1, 0.15) is 5.75 Å². The van der Waals surface area contributed by atoms with Gasteiger partial charge in [0.05, 0.1) is 0 Å². The van der Waals surface area contributed by atoms with Crippen LogP contribution in [-0.4, -0.2) is 6.07 Å². The number of hydrogen-bond acceptors (Lipinski definition) is 1. The highest BCUT2D eigenvalue weighted by Gasteiger charge is 2.21. The van der Waals surface area contributed by atoms with Crippen molar-refractivity contribution in [3.63, 3.8) is 0 Å². The van der Waals surface area contributed by atoms with E-state index in [0.717, 1.165) is 24.0 Å². The lowest BCUT2D eigenvalue weighted by Gasteiger charge is -2.28. The number of hydrogen-bond donors (Lipinski definition) is 0. The molecule has 0 amide bonds. The van der Waals surface area contributed by atoms with Crippen molar-refractivity contribution in [3.8, 4) is 5.75 Å². The molecule has 0 spiro atoms. The van der Waals surface area contributed by atoms with Crippen LogP contribution in [0.1, 0.15) is 80.9 Å². The van der Waals surface area contributed by atoms with Crippen LogP contribution in [-0.2, 0) is 6.42 Å². The van der Waals surface area contributed by atoms with Gasteiger partial charge in [-0.3, -0.25) is 0 Å². The van der Waals surface area contributed by atoms with Crippen molar-refractivity contribution in [1.82, 2.24) is 0 Å². The highest BCUT2D eigenvalue weighted by molar-refractivity contribution is 6.17. The van der Waals surface area contributed by atoms with Crippen molar-refractivity contribution in [2.24, 2.45) is 5.92 Å². The lowest BCUT2D eigenvalue weighted by atomic mass is 9.77. The van der Waals surface area contributed by atoms with Gasteiger partial charge in [0.15, 0.2) is 6.07 Å². The van der Waals surface area contributed by atoms with Gasteiger partial charge in [-0.25, -0.2) is 0 Å². The first-order chi connectivity index (χ1) is 13.2. The van der Waals surface area contributed by atoms with Crippen molar-refractivity contribution in [2.45, 2.75) is 70.6 Å². The first kappa shape index (κ1) is 20.3. The van der Waals surface area contributed by atoms with Crippen molar-refractivity contribution >= 4 is 11.6 Å². The summed E-state index contributed by atoms with van der Waals surface area (Å²) < 4.78 is 5.32. The van der Waals surface area contributed by atoms with Gasteiger partial charge in [0.25, 0.3) is 0 Å². The summed E-state index contributed by atoms with van der Waals surface area (Å²) in [5.74, 6) is 3.08. The van der Waals surface area contributed by atoms with Gasteiger partial charge in [0.2, 0.25) is 0 Å². The summed E-state index contributed by atoms with van der Waals surface area (Å²) in [7, 11) is 0. The Bertz CT molecular complexity index is 668. The average molecular weight is 385 g/mol. The van der Waals surface area contributed by atoms with Crippen LogP contribution in [0.2, 0.25) is 0 Å². The Balaban J connectivity index is 1.54. The largest absolute Gasteiger partial charge is 0.478 e. The predicted octanol–water partition coefficient (Wildman–Crippen LogP) is 7.68. The monoisotopic (exact) mass is 384 g/mol. The molecule has 2 aromatic rings. The van der Waals surface area contributed by atoms with E-state index in [4.69, 9.17) is 16.3 Å². The zero-order valence-corrected chi connectivity index (χ0v) is 17.5. The molecule has 1 saturated carbocycles. The van der Waals surface area contributed by atoms with E-state index in [1.165, 1.54) is 49.7 Å². The van der Waals surface area contributed by atoms with Crippen LogP contribution in [0.4, 0.5) is 0 Å². The molecule has 1 fully saturated rings. The van der Waals surface area contributed by atoms with Crippen molar-refractivity contribution < 1.29 is 4.74 Å². The highest BCUT2D eigenvalue weighted by atomic mass is 35.5. The van der Waals surface area contributed by atoms with E-state index in [-0.39, 0.29) is 6.07 Å². The van der Waals surface area contributed by atoms with Gasteiger partial charge >= 0.3 is 0 Å². The predicted molar refractivity (Wildman–Crippen MR) is 116 cm³/mol. The van der Waals surface area contributed by atoms with Gasteiger partial charge < -0.3 is 4.74 Å². The second kappa shape index (κ2) is 10.2. The molecule has 2 aromatic carbocycles. The Morgan fingerprint density at radius 1 is 0.963 bits per heavy atom. The molecule has 1 aliphatic carbocycles. The van der Waals surface area contributed by atoms with Gasteiger partial charge in [-0.15, -0.1) is 0 Å². The van der Waals surface area contributed by atoms with E-state index in [1.54, 1.807) is 5.56 Å². The molecule has 0 bridgehead atoms. The first-order valence-corrected chi connectivity index (χ1v) is 11.1. The van der Waals surface area contributed by atoms with Crippen LogP contribution >= 0.6 is 11.6 Å². The van der Waals surface area contributed by atoms with Crippen LogP contribution in [0.5, 0.6) is 5.75 Å². The molecule has 2 heteroatoms. The zero-order chi connectivity index (χ0) is 19.1. The molecule has 1 atom stereocenters. The molecule has 0 saturated heterocycles. The molecule has 27 heavy (non-hydrogen) atoms. The minimum absolute atomic E-state index is 0.196. The summed E-state index contributed by atoms with van der Waals surface area (Å²) in [4.78, 5) is 0. The first-order valence-electron chi connectivity index (χ1n) is 10.6. The number of alkyl halides is 1. The molecular formula is C25H33ClO.